The minimum atomic E-state index is -5.31. The average molecular weight is 660 g/mol. The maximum absolute atomic E-state index is 15.1. The molecule has 0 aliphatic heterocycles. The molecule has 1 N–H and O–H groups in total. The van der Waals surface area contributed by atoms with Gasteiger partial charge in [0.15, 0.2) is 0 Å². The van der Waals surface area contributed by atoms with Gasteiger partial charge in [0.2, 0.25) is 5.28 Å². The van der Waals surface area contributed by atoms with Crippen molar-refractivity contribution < 1.29 is 55.4 Å². The van der Waals surface area contributed by atoms with Crippen molar-refractivity contribution in [2.45, 2.75) is 77.4 Å². The van der Waals surface area contributed by atoms with Crippen molar-refractivity contribution in [3.05, 3.63) is 70.3 Å². The fourth-order valence-corrected chi connectivity index (χ4v) is 6.97. The number of ether oxygens (including phenoxy) is 3. The lowest BCUT2D eigenvalue weighted by atomic mass is 9.92. The van der Waals surface area contributed by atoms with Gasteiger partial charge in [-0.3, -0.25) is 9.88 Å². The lowest BCUT2D eigenvalue weighted by molar-refractivity contribution is -0.177. The molecule has 0 aliphatic carbocycles. The maximum atomic E-state index is 15.1. The van der Waals surface area contributed by atoms with Gasteiger partial charge < -0.3 is 23.3 Å². The molecule has 0 aliphatic rings. The van der Waals surface area contributed by atoms with E-state index in [0.717, 1.165) is 13.5 Å². The summed E-state index contributed by atoms with van der Waals surface area (Å²) in [4.78, 5) is 38.1. The van der Waals surface area contributed by atoms with Crippen LogP contribution in [0.3, 0.4) is 0 Å². The number of carbonyl (C=O) groups excluding carboxylic acids is 3. The van der Waals surface area contributed by atoms with Crippen molar-refractivity contribution in [2.75, 3.05) is 27.4 Å². The van der Waals surface area contributed by atoms with Crippen molar-refractivity contribution in [3.8, 4) is 0 Å². The number of carbonyl (C=O) groups is 3. The molecular formula is C31H41F3NO9P. The predicted octanol–water partition coefficient (Wildman–Crippen LogP) is 7.38. The second-order valence-electron chi connectivity index (χ2n) is 10.00. The number of rotatable bonds is 17. The van der Waals surface area contributed by atoms with Gasteiger partial charge in [-0.05, 0) is 68.7 Å². The molecule has 0 aromatic heterocycles. The zero-order valence-electron chi connectivity index (χ0n) is 26.2. The molecule has 0 heterocycles. The van der Waals surface area contributed by atoms with E-state index in [1.165, 1.54) is 27.0 Å². The molecule has 2 aromatic rings. The van der Waals surface area contributed by atoms with E-state index in [1.54, 1.807) is 36.4 Å². The number of alkyl carbamates (subject to hydrolysis) is 1. The number of aryl methyl sites for hydroxylation is 2. The number of halogens is 3. The van der Waals surface area contributed by atoms with Crippen LogP contribution >= 0.6 is 7.60 Å². The Labute approximate surface area is 261 Å². The Kier molecular flexibility index (Phi) is 14.5. The van der Waals surface area contributed by atoms with Crippen molar-refractivity contribution in [1.82, 2.24) is 5.32 Å². The second kappa shape index (κ2) is 17.3. The van der Waals surface area contributed by atoms with Crippen LogP contribution in [-0.4, -0.2) is 56.9 Å². The molecular weight excluding hydrogens is 618 g/mol. The molecule has 250 valence electrons. The lowest BCUT2D eigenvalue weighted by Crippen LogP contribution is -2.59. The molecule has 1 unspecified atom stereocenters. The Morgan fingerprint density at radius 3 is 2.00 bits per heavy atom. The van der Waals surface area contributed by atoms with Gasteiger partial charge in [-0.15, -0.1) is 0 Å². The van der Waals surface area contributed by atoms with Gasteiger partial charge in [0.25, 0.3) is 0 Å². The van der Waals surface area contributed by atoms with E-state index < -0.39 is 56.7 Å². The van der Waals surface area contributed by atoms with E-state index in [2.05, 4.69) is 0 Å². The molecule has 45 heavy (non-hydrogen) atoms. The summed E-state index contributed by atoms with van der Waals surface area (Å²) in [7, 11) is -2.79. The van der Waals surface area contributed by atoms with Crippen LogP contribution in [0.4, 0.5) is 18.0 Å². The molecule has 0 bridgehead atoms. The Balaban J connectivity index is 2.53. The number of nitrogens with one attached hydrogen (secondary N) is 1. The first-order valence-electron chi connectivity index (χ1n) is 14.6. The number of esters is 2. The summed E-state index contributed by atoms with van der Waals surface area (Å²) in [5, 5.41) is -1.66. The van der Waals surface area contributed by atoms with Gasteiger partial charge >= 0.3 is 31.8 Å². The predicted molar refractivity (Wildman–Crippen MR) is 160 cm³/mol. The van der Waals surface area contributed by atoms with E-state index in [9.17, 15) is 18.9 Å². The van der Waals surface area contributed by atoms with Crippen LogP contribution in [0.2, 0.25) is 0 Å². The quantitative estimate of drug-likeness (QED) is 0.105. The van der Waals surface area contributed by atoms with Crippen LogP contribution in [0.25, 0.3) is 0 Å². The molecule has 2 aromatic carbocycles. The van der Waals surface area contributed by atoms with Crippen molar-refractivity contribution in [2.24, 2.45) is 0 Å². The average Bonchev–Trinajstić information content (AvgIpc) is 3.01. The number of benzene rings is 2. The second-order valence-corrected chi connectivity index (χ2v) is 12.3. The van der Waals surface area contributed by atoms with Gasteiger partial charge in [-0.25, -0.2) is 14.4 Å². The lowest BCUT2D eigenvalue weighted by Gasteiger charge is -2.40. The van der Waals surface area contributed by atoms with Gasteiger partial charge in [-0.2, -0.15) is 13.2 Å². The Morgan fingerprint density at radius 2 is 1.47 bits per heavy atom. The molecule has 0 fully saturated rings. The van der Waals surface area contributed by atoms with E-state index >= 15 is 13.2 Å². The van der Waals surface area contributed by atoms with Crippen LogP contribution in [0.1, 0.15) is 83.9 Å². The zero-order chi connectivity index (χ0) is 33.7. The largest absolute Gasteiger partial charge is 0.465 e. The van der Waals surface area contributed by atoms with Crippen LogP contribution < -0.4 is 5.32 Å². The molecule has 0 spiro atoms. The summed E-state index contributed by atoms with van der Waals surface area (Å²) in [6.07, 6.45) is -6.25. The number of alkyl halides is 3. The third kappa shape index (κ3) is 9.54. The van der Waals surface area contributed by atoms with Crippen molar-refractivity contribution in [3.63, 3.8) is 0 Å². The van der Waals surface area contributed by atoms with Gasteiger partial charge in [0, 0.05) is 0 Å². The minimum Gasteiger partial charge on any atom is -0.465 e. The van der Waals surface area contributed by atoms with Crippen LogP contribution in [-0.2, 0) is 47.3 Å². The zero-order valence-corrected chi connectivity index (χ0v) is 27.1. The van der Waals surface area contributed by atoms with E-state index in [0.29, 0.717) is 29.5 Å². The molecule has 1 amide bonds. The van der Waals surface area contributed by atoms with Crippen LogP contribution in [0.15, 0.2) is 42.5 Å². The summed E-state index contributed by atoms with van der Waals surface area (Å²) in [5.74, 6) is -1.57. The summed E-state index contributed by atoms with van der Waals surface area (Å²) in [6, 6.07) is 11.3. The number of unbranched alkanes of at least 4 members (excludes halogenated alkanes) is 1. The molecule has 0 saturated heterocycles. The highest BCUT2D eigenvalue weighted by Crippen LogP contribution is 2.66. The first-order chi connectivity index (χ1) is 21.3. The summed E-state index contributed by atoms with van der Waals surface area (Å²) in [5.41, 5.74) is 1.34. The smallest absolute Gasteiger partial charge is 0.423 e. The SMILES string of the molecule is CCCCc1cc(CCCC(NC(=O)OCc2ccccc2)(C(F)(F)F)P(=O)(OCC)OCC)cc(C(=O)OC)c1C(=O)OC. The Morgan fingerprint density at radius 1 is 0.844 bits per heavy atom. The Bertz CT molecular complexity index is 1330. The van der Waals surface area contributed by atoms with Crippen LogP contribution in [0.5, 0.6) is 0 Å². The third-order valence-corrected chi connectivity index (χ3v) is 9.65. The number of methoxy groups -OCH3 is 2. The van der Waals surface area contributed by atoms with E-state index in [1.807, 2.05) is 12.2 Å². The summed E-state index contributed by atoms with van der Waals surface area (Å²) in [6.45, 7) is 3.53. The molecule has 2 rings (SSSR count). The van der Waals surface area contributed by atoms with Crippen LogP contribution in [0, 0.1) is 0 Å². The summed E-state index contributed by atoms with van der Waals surface area (Å²) >= 11 is 0. The topological polar surface area (TPSA) is 126 Å². The molecule has 0 radical (unpaired) electrons. The normalized spacial score (nSPS) is 13.1. The third-order valence-electron chi connectivity index (χ3n) is 6.93. The highest BCUT2D eigenvalue weighted by Gasteiger charge is 2.69. The molecule has 14 heteroatoms. The van der Waals surface area contributed by atoms with Gasteiger partial charge in [0.05, 0.1) is 38.6 Å². The highest BCUT2D eigenvalue weighted by molar-refractivity contribution is 7.55. The van der Waals surface area contributed by atoms with Gasteiger partial charge in [0.1, 0.15) is 6.61 Å². The highest BCUT2D eigenvalue weighted by atomic mass is 31.2. The standard InChI is InChI=1S/C31H41F3NO9P/c1-6-9-17-24-19-23(20-25(27(36)40-4)26(24)28(37)41-5)16-13-18-30(31(32,33)34,45(39,43-7-2)44-8-3)35-29(38)42-21-22-14-11-10-12-15-22/h10-12,14-15,19-20H,6-9,13,16-18,21H2,1-5H3,(H,35,38). The molecule has 1 atom stereocenters. The number of hydrogen-bond acceptors (Lipinski definition) is 9. The fraction of sp³-hybridized carbons (Fsp3) is 0.516. The summed E-state index contributed by atoms with van der Waals surface area (Å²) < 4.78 is 84.1. The van der Waals surface area contributed by atoms with Crippen molar-refractivity contribution in [1.29, 1.82) is 0 Å². The number of amides is 1. The first kappa shape index (κ1) is 37.8. The number of hydrogen-bond donors (Lipinski definition) is 1. The molecule has 0 saturated carbocycles. The minimum absolute atomic E-state index is 0.0196. The van der Waals surface area contributed by atoms with E-state index in [-0.39, 0.29) is 30.6 Å². The molecule has 10 nitrogen and oxygen atoms in total. The van der Waals surface area contributed by atoms with E-state index in [4.69, 9.17) is 23.3 Å². The monoisotopic (exact) mass is 659 g/mol. The van der Waals surface area contributed by atoms with Gasteiger partial charge in [-0.1, -0.05) is 49.7 Å². The fourth-order valence-electron chi connectivity index (χ4n) is 4.80. The Hall–Kier alpha value is -3.41. The van der Waals surface area contributed by atoms with Crippen molar-refractivity contribution >= 4 is 25.6 Å². The maximum Gasteiger partial charge on any atom is 0.423 e. The first-order valence-corrected chi connectivity index (χ1v) is 16.1.